The van der Waals surface area contributed by atoms with Crippen molar-refractivity contribution < 1.29 is 5.11 Å². The number of nitrogens with one attached hydrogen (secondary N) is 1. The lowest BCUT2D eigenvalue weighted by Crippen LogP contribution is -2.43. The van der Waals surface area contributed by atoms with E-state index in [0.717, 1.165) is 12.0 Å². The van der Waals surface area contributed by atoms with Gasteiger partial charge < -0.3 is 10.4 Å². The zero-order valence-electron chi connectivity index (χ0n) is 12.0. The molecule has 0 aliphatic heterocycles. The van der Waals surface area contributed by atoms with Crippen LogP contribution in [0.1, 0.15) is 71.1 Å². The van der Waals surface area contributed by atoms with Crippen LogP contribution in [0.5, 0.6) is 0 Å². The molecule has 0 aromatic rings. The topological polar surface area (TPSA) is 32.3 Å². The Kier molecular flexibility index (Phi) is 5.97. The fraction of sp³-hybridized carbons (Fsp3) is 1.00. The molecule has 106 valence electrons. The van der Waals surface area contributed by atoms with Gasteiger partial charge in [-0.05, 0) is 56.8 Å². The Labute approximate surface area is 113 Å². The molecule has 0 aromatic heterocycles. The van der Waals surface area contributed by atoms with E-state index in [1.807, 2.05) is 0 Å². The molecule has 0 aromatic carbocycles. The molecule has 2 heteroatoms. The van der Waals surface area contributed by atoms with Crippen LogP contribution < -0.4 is 5.32 Å². The summed E-state index contributed by atoms with van der Waals surface area (Å²) >= 11 is 0. The van der Waals surface area contributed by atoms with E-state index in [0.29, 0.717) is 18.6 Å². The molecule has 2 fully saturated rings. The van der Waals surface area contributed by atoms with Crippen LogP contribution in [0.4, 0.5) is 0 Å². The third-order valence-electron chi connectivity index (χ3n) is 5.06. The van der Waals surface area contributed by atoms with Gasteiger partial charge in [-0.3, -0.25) is 0 Å². The van der Waals surface area contributed by atoms with E-state index in [-0.39, 0.29) is 0 Å². The fourth-order valence-corrected chi connectivity index (χ4v) is 3.97. The Balaban J connectivity index is 1.67. The first-order valence-corrected chi connectivity index (χ1v) is 8.18. The van der Waals surface area contributed by atoms with Gasteiger partial charge in [0.2, 0.25) is 0 Å². The van der Waals surface area contributed by atoms with Gasteiger partial charge >= 0.3 is 0 Å². The van der Waals surface area contributed by atoms with E-state index in [2.05, 4.69) is 12.2 Å². The second kappa shape index (κ2) is 7.49. The van der Waals surface area contributed by atoms with Crippen molar-refractivity contribution in [2.45, 2.75) is 83.2 Å². The van der Waals surface area contributed by atoms with Crippen molar-refractivity contribution in [3.05, 3.63) is 0 Å². The molecular weight excluding hydrogens is 222 g/mol. The number of hydrogen-bond acceptors (Lipinski definition) is 2. The minimum atomic E-state index is 0.390. The van der Waals surface area contributed by atoms with Gasteiger partial charge in [-0.2, -0.15) is 0 Å². The fourth-order valence-electron chi connectivity index (χ4n) is 3.97. The van der Waals surface area contributed by atoms with Crippen molar-refractivity contribution in [1.29, 1.82) is 0 Å². The number of aliphatic hydroxyl groups excluding tert-OH is 1. The second-order valence-corrected chi connectivity index (χ2v) is 6.59. The highest BCUT2D eigenvalue weighted by Crippen LogP contribution is 2.30. The van der Waals surface area contributed by atoms with Gasteiger partial charge in [0.05, 0.1) is 0 Å². The molecular formula is C16H31NO. The van der Waals surface area contributed by atoms with Crippen LogP contribution >= 0.6 is 0 Å². The van der Waals surface area contributed by atoms with Gasteiger partial charge in [-0.1, -0.05) is 26.2 Å². The average Bonchev–Trinajstić information content (AvgIpc) is 2.42. The van der Waals surface area contributed by atoms with E-state index in [1.165, 1.54) is 64.2 Å². The molecule has 0 radical (unpaired) electrons. The summed E-state index contributed by atoms with van der Waals surface area (Å²) < 4.78 is 0. The van der Waals surface area contributed by atoms with Crippen molar-refractivity contribution in [1.82, 2.24) is 5.32 Å². The largest absolute Gasteiger partial charge is 0.396 e. The normalized spacial score (nSPS) is 37.7. The highest BCUT2D eigenvalue weighted by atomic mass is 16.3. The summed E-state index contributed by atoms with van der Waals surface area (Å²) in [6.07, 6.45) is 13.5. The zero-order chi connectivity index (χ0) is 12.8. The van der Waals surface area contributed by atoms with E-state index in [1.54, 1.807) is 0 Å². The van der Waals surface area contributed by atoms with Crippen LogP contribution in [-0.4, -0.2) is 23.8 Å². The Bertz CT molecular complexity index is 223. The third-order valence-corrected chi connectivity index (χ3v) is 5.06. The Morgan fingerprint density at radius 2 is 1.72 bits per heavy atom. The SMILES string of the molecule is CCCC1CCC(NC2CCCC(CO)C2)CC1. The summed E-state index contributed by atoms with van der Waals surface area (Å²) in [7, 11) is 0. The van der Waals surface area contributed by atoms with E-state index in [4.69, 9.17) is 0 Å². The molecule has 2 nitrogen and oxygen atoms in total. The zero-order valence-corrected chi connectivity index (χ0v) is 12.0. The molecule has 2 unspecified atom stereocenters. The molecule has 0 spiro atoms. The molecule has 0 saturated heterocycles. The molecule has 0 heterocycles. The quantitative estimate of drug-likeness (QED) is 0.786. The van der Waals surface area contributed by atoms with Crippen molar-refractivity contribution in [3.63, 3.8) is 0 Å². The van der Waals surface area contributed by atoms with Crippen molar-refractivity contribution in [3.8, 4) is 0 Å². The number of aliphatic hydroxyl groups is 1. The molecule has 0 bridgehead atoms. The molecule has 18 heavy (non-hydrogen) atoms. The van der Waals surface area contributed by atoms with E-state index < -0.39 is 0 Å². The summed E-state index contributed by atoms with van der Waals surface area (Å²) in [5.41, 5.74) is 0. The predicted molar refractivity (Wildman–Crippen MR) is 76.6 cm³/mol. The summed E-state index contributed by atoms with van der Waals surface area (Å²) in [6, 6.07) is 1.45. The Hall–Kier alpha value is -0.0800. The maximum absolute atomic E-state index is 9.28. The highest BCUT2D eigenvalue weighted by molar-refractivity contribution is 4.84. The van der Waals surface area contributed by atoms with Crippen LogP contribution in [0, 0.1) is 11.8 Å². The number of hydrogen-bond donors (Lipinski definition) is 2. The van der Waals surface area contributed by atoms with Gasteiger partial charge in [-0.25, -0.2) is 0 Å². The lowest BCUT2D eigenvalue weighted by molar-refractivity contribution is 0.158. The van der Waals surface area contributed by atoms with Crippen LogP contribution in [0.25, 0.3) is 0 Å². The predicted octanol–water partition coefficient (Wildman–Crippen LogP) is 3.49. The van der Waals surface area contributed by atoms with Crippen LogP contribution in [0.3, 0.4) is 0 Å². The van der Waals surface area contributed by atoms with Gasteiger partial charge in [0.1, 0.15) is 0 Å². The first-order valence-electron chi connectivity index (χ1n) is 8.18. The smallest absolute Gasteiger partial charge is 0.0459 e. The minimum absolute atomic E-state index is 0.390. The van der Waals surface area contributed by atoms with Crippen LogP contribution in [0.15, 0.2) is 0 Å². The Morgan fingerprint density at radius 1 is 0.944 bits per heavy atom. The van der Waals surface area contributed by atoms with Crippen molar-refractivity contribution >= 4 is 0 Å². The summed E-state index contributed by atoms with van der Waals surface area (Å²) in [4.78, 5) is 0. The molecule has 2 N–H and O–H groups in total. The van der Waals surface area contributed by atoms with Gasteiger partial charge in [0.25, 0.3) is 0 Å². The maximum Gasteiger partial charge on any atom is 0.0459 e. The Morgan fingerprint density at radius 3 is 2.39 bits per heavy atom. The first-order chi connectivity index (χ1) is 8.81. The van der Waals surface area contributed by atoms with Crippen molar-refractivity contribution in [2.75, 3.05) is 6.61 Å². The van der Waals surface area contributed by atoms with Gasteiger partial charge in [-0.15, -0.1) is 0 Å². The van der Waals surface area contributed by atoms with Crippen LogP contribution in [-0.2, 0) is 0 Å². The molecule has 2 aliphatic carbocycles. The van der Waals surface area contributed by atoms with E-state index >= 15 is 0 Å². The number of rotatable bonds is 5. The first kappa shape index (κ1) is 14.3. The molecule has 2 saturated carbocycles. The molecule has 2 aliphatic rings. The minimum Gasteiger partial charge on any atom is -0.396 e. The van der Waals surface area contributed by atoms with Gasteiger partial charge in [0.15, 0.2) is 0 Å². The van der Waals surface area contributed by atoms with E-state index in [9.17, 15) is 5.11 Å². The highest BCUT2D eigenvalue weighted by Gasteiger charge is 2.26. The lowest BCUT2D eigenvalue weighted by atomic mass is 9.81. The summed E-state index contributed by atoms with van der Waals surface area (Å²) in [5.74, 6) is 1.57. The second-order valence-electron chi connectivity index (χ2n) is 6.59. The van der Waals surface area contributed by atoms with Crippen LogP contribution in [0.2, 0.25) is 0 Å². The maximum atomic E-state index is 9.28. The molecule has 2 atom stereocenters. The lowest BCUT2D eigenvalue weighted by Gasteiger charge is -2.35. The molecule has 0 amide bonds. The monoisotopic (exact) mass is 253 g/mol. The molecule has 2 rings (SSSR count). The average molecular weight is 253 g/mol. The standard InChI is InChI=1S/C16H31NO/c1-2-4-13-7-9-15(10-8-13)17-16-6-3-5-14(11-16)12-18/h13-18H,2-12H2,1H3. The summed E-state index contributed by atoms with van der Waals surface area (Å²) in [5, 5.41) is 13.2. The van der Waals surface area contributed by atoms with Gasteiger partial charge in [0, 0.05) is 18.7 Å². The third kappa shape index (κ3) is 4.24. The summed E-state index contributed by atoms with van der Waals surface area (Å²) in [6.45, 7) is 2.70. The van der Waals surface area contributed by atoms with Crippen molar-refractivity contribution in [2.24, 2.45) is 11.8 Å².